The summed E-state index contributed by atoms with van der Waals surface area (Å²) in [6.07, 6.45) is 3.51. The summed E-state index contributed by atoms with van der Waals surface area (Å²) < 4.78 is 4.89. The van der Waals surface area contributed by atoms with Crippen molar-refractivity contribution in [3.05, 3.63) is 34.9 Å². The molecule has 0 aromatic heterocycles. The molecule has 5 heteroatoms. The lowest BCUT2D eigenvalue weighted by molar-refractivity contribution is -0.138. The Labute approximate surface area is 128 Å². The Morgan fingerprint density at radius 3 is 2.86 bits per heavy atom. The number of benzene rings is 1. The van der Waals surface area contributed by atoms with Crippen LogP contribution in [0.2, 0.25) is 5.02 Å². The maximum atomic E-state index is 12.1. The molecule has 0 unspecified atom stereocenters. The summed E-state index contributed by atoms with van der Waals surface area (Å²) in [7, 11) is 0. The van der Waals surface area contributed by atoms with Crippen LogP contribution in [0.25, 0.3) is 0 Å². The van der Waals surface area contributed by atoms with Gasteiger partial charge in [0, 0.05) is 22.9 Å². The molecule has 1 heterocycles. The molecule has 3 rings (SSSR count). The van der Waals surface area contributed by atoms with Gasteiger partial charge in [0.15, 0.2) is 0 Å². The predicted molar refractivity (Wildman–Crippen MR) is 78.9 cm³/mol. The molecule has 2 fully saturated rings. The normalized spacial score (nSPS) is 22.7. The number of amides is 1. The number of rotatable bonds is 5. The van der Waals surface area contributed by atoms with E-state index >= 15 is 0 Å². The molecule has 1 aliphatic heterocycles. The summed E-state index contributed by atoms with van der Waals surface area (Å²) in [5, 5.41) is 3.85. The Morgan fingerprint density at radius 2 is 2.24 bits per heavy atom. The topological polar surface area (TPSA) is 55.4 Å². The summed E-state index contributed by atoms with van der Waals surface area (Å²) >= 11 is 5.99. The fourth-order valence-corrected chi connectivity index (χ4v) is 3.05. The SMILES string of the molecule is O=C(C[C@@H]1COC(=O)C1)NC1(Cc2cccc(Cl)c2)CC1. The highest BCUT2D eigenvalue weighted by Gasteiger charge is 2.44. The molecule has 0 spiro atoms. The molecular formula is C16H18ClNO3. The van der Waals surface area contributed by atoms with E-state index in [0.717, 1.165) is 29.8 Å². The van der Waals surface area contributed by atoms with Gasteiger partial charge in [-0.05, 0) is 37.0 Å². The maximum Gasteiger partial charge on any atom is 0.306 e. The van der Waals surface area contributed by atoms with Crippen LogP contribution in [-0.4, -0.2) is 24.0 Å². The number of carbonyl (C=O) groups is 2. The van der Waals surface area contributed by atoms with E-state index in [4.69, 9.17) is 16.3 Å². The molecule has 1 N–H and O–H groups in total. The first kappa shape index (κ1) is 14.4. The molecule has 1 atom stereocenters. The number of hydrogen-bond acceptors (Lipinski definition) is 3. The van der Waals surface area contributed by atoms with Crippen molar-refractivity contribution in [2.45, 2.75) is 37.6 Å². The standard InChI is InChI=1S/C16H18ClNO3/c17-13-3-1-2-11(6-13)9-16(4-5-16)18-14(19)7-12-8-15(20)21-10-12/h1-3,6,12H,4-5,7-10H2,(H,18,19)/t12-/m0/s1. The van der Waals surface area contributed by atoms with Crippen molar-refractivity contribution in [2.75, 3.05) is 6.61 Å². The van der Waals surface area contributed by atoms with Gasteiger partial charge in [0.25, 0.3) is 0 Å². The number of carbonyl (C=O) groups excluding carboxylic acids is 2. The molecular weight excluding hydrogens is 290 g/mol. The number of ether oxygens (including phenoxy) is 1. The van der Waals surface area contributed by atoms with E-state index in [0.29, 0.717) is 19.4 Å². The Hall–Kier alpha value is -1.55. The highest BCUT2D eigenvalue weighted by atomic mass is 35.5. The van der Waals surface area contributed by atoms with Gasteiger partial charge in [-0.15, -0.1) is 0 Å². The molecule has 0 bridgehead atoms. The first-order chi connectivity index (χ1) is 10.0. The van der Waals surface area contributed by atoms with Crippen molar-refractivity contribution in [1.82, 2.24) is 5.32 Å². The second-order valence-corrected chi connectivity index (χ2v) is 6.53. The van der Waals surface area contributed by atoms with Gasteiger partial charge in [-0.2, -0.15) is 0 Å². The third kappa shape index (κ3) is 3.76. The summed E-state index contributed by atoms with van der Waals surface area (Å²) in [5.41, 5.74) is 1.02. The highest BCUT2D eigenvalue weighted by molar-refractivity contribution is 6.30. The van der Waals surface area contributed by atoms with E-state index < -0.39 is 0 Å². The van der Waals surface area contributed by atoms with Gasteiger partial charge in [0.2, 0.25) is 5.91 Å². The molecule has 112 valence electrons. The molecule has 1 aliphatic carbocycles. The van der Waals surface area contributed by atoms with Crippen LogP contribution in [0.5, 0.6) is 0 Å². The number of nitrogens with one attached hydrogen (secondary N) is 1. The lowest BCUT2D eigenvalue weighted by Gasteiger charge is -2.18. The minimum absolute atomic E-state index is 0.0119. The van der Waals surface area contributed by atoms with Crippen LogP contribution < -0.4 is 5.32 Å². The third-order valence-corrected chi connectivity index (χ3v) is 4.33. The molecule has 2 aliphatic rings. The van der Waals surface area contributed by atoms with E-state index in [1.165, 1.54) is 0 Å². The van der Waals surface area contributed by atoms with Crippen molar-refractivity contribution in [3.63, 3.8) is 0 Å². The van der Waals surface area contributed by atoms with E-state index in [-0.39, 0.29) is 23.3 Å². The number of halogens is 1. The number of hydrogen-bond donors (Lipinski definition) is 1. The molecule has 1 saturated carbocycles. The van der Waals surface area contributed by atoms with Gasteiger partial charge in [-0.1, -0.05) is 23.7 Å². The van der Waals surface area contributed by atoms with Gasteiger partial charge in [0.1, 0.15) is 0 Å². The lowest BCUT2D eigenvalue weighted by Crippen LogP contribution is -2.39. The van der Waals surface area contributed by atoms with Crippen LogP contribution in [0.15, 0.2) is 24.3 Å². The van der Waals surface area contributed by atoms with E-state index in [2.05, 4.69) is 5.32 Å². The Balaban J connectivity index is 1.54. The number of cyclic esters (lactones) is 1. The maximum absolute atomic E-state index is 12.1. The fourth-order valence-electron chi connectivity index (χ4n) is 2.84. The molecule has 21 heavy (non-hydrogen) atoms. The second-order valence-electron chi connectivity index (χ2n) is 6.09. The largest absolute Gasteiger partial charge is 0.465 e. The summed E-state index contributed by atoms with van der Waals surface area (Å²) in [6, 6.07) is 7.75. The van der Waals surface area contributed by atoms with Crippen LogP contribution in [0.1, 0.15) is 31.2 Å². The quantitative estimate of drug-likeness (QED) is 0.850. The lowest BCUT2D eigenvalue weighted by atomic mass is 10.0. The van der Waals surface area contributed by atoms with Crippen molar-refractivity contribution in [1.29, 1.82) is 0 Å². The van der Waals surface area contributed by atoms with E-state index in [9.17, 15) is 9.59 Å². The average molecular weight is 308 g/mol. The van der Waals surface area contributed by atoms with E-state index in [1.54, 1.807) is 0 Å². The van der Waals surface area contributed by atoms with Crippen molar-refractivity contribution >= 4 is 23.5 Å². The molecule has 1 aromatic rings. The Kier molecular flexibility index (Phi) is 3.89. The average Bonchev–Trinajstić information content (AvgIpc) is 3.02. The molecule has 1 saturated heterocycles. The monoisotopic (exact) mass is 307 g/mol. The number of esters is 1. The first-order valence-corrected chi connectivity index (χ1v) is 7.64. The van der Waals surface area contributed by atoms with E-state index in [1.807, 2.05) is 24.3 Å². The van der Waals surface area contributed by atoms with Gasteiger partial charge >= 0.3 is 5.97 Å². The summed E-state index contributed by atoms with van der Waals surface area (Å²) in [5.74, 6) is -0.162. The first-order valence-electron chi connectivity index (χ1n) is 7.26. The minimum Gasteiger partial charge on any atom is -0.465 e. The Bertz CT molecular complexity index is 568. The Morgan fingerprint density at radius 1 is 1.43 bits per heavy atom. The second kappa shape index (κ2) is 5.68. The van der Waals surface area contributed by atoms with Crippen molar-refractivity contribution in [2.24, 2.45) is 5.92 Å². The molecule has 1 amide bonds. The minimum atomic E-state index is -0.201. The zero-order chi connectivity index (χ0) is 14.9. The van der Waals surface area contributed by atoms with Crippen LogP contribution in [-0.2, 0) is 20.7 Å². The van der Waals surface area contributed by atoms with Crippen LogP contribution in [0.4, 0.5) is 0 Å². The molecule has 0 radical (unpaired) electrons. The summed E-state index contributed by atoms with van der Waals surface area (Å²) in [4.78, 5) is 23.2. The van der Waals surface area contributed by atoms with Gasteiger partial charge in [-0.25, -0.2) is 0 Å². The molecule has 4 nitrogen and oxygen atoms in total. The van der Waals surface area contributed by atoms with Crippen molar-refractivity contribution < 1.29 is 14.3 Å². The van der Waals surface area contributed by atoms with Gasteiger partial charge in [-0.3, -0.25) is 9.59 Å². The fraction of sp³-hybridized carbons (Fsp3) is 0.500. The smallest absolute Gasteiger partial charge is 0.306 e. The zero-order valence-corrected chi connectivity index (χ0v) is 12.5. The zero-order valence-electron chi connectivity index (χ0n) is 11.7. The van der Waals surface area contributed by atoms with Crippen LogP contribution in [0.3, 0.4) is 0 Å². The van der Waals surface area contributed by atoms with Crippen LogP contribution in [0, 0.1) is 5.92 Å². The summed E-state index contributed by atoms with van der Waals surface area (Å²) in [6.45, 7) is 0.369. The van der Waals surface area contributed by atoms with Crippen molar-refractivity contribution in [3.8, 4) is 0 Å². The molecule has 1 aromatic carbocycles. The third-order valence-electron chi connectivity index (χ3n) is 4.10. The van der Waals surface area contributed by atoms with Gasteiger partial charge in [0.05, 0.1) is 13.0 Å². The van der Waals surface area contributed by atoms with Gasteiger partial charge < -0.3 is 10.1 Å². The van der Waals surface area contributed by atoms with Crippen LogP contribution >= 0.6 is 11.6 Å². The predicted octanol–water partition coefficient (Wildman–Crippen LogP) is 2.48. The highest BCUT2D eigenvalue weighted by Crippen LogP contribution is 2.39.